The van der Waals surface area contributed by atoms with Crippen LogP contribution in [0.2, 0.25) is 0 Å². The largest absolute Gasteiger partial charge is 0.399 e. The third kappa shape index (κ3) is 6.85. The molecule has 3 N–H and O–H groups in total. The Bertz CT molecular complexity index is 269. The SMILES string of the molecule is CC(C)O.N#Cc1ccc(N)cc1. The van der Waals surface area contributed by atoms with E-state index in [0.29, 0.717) is 11.3 Å². The Kier molecular flexibility index (Phi) is 5.33. The molecule has 0 saturated carbocycles. The Morgan fingerprint density at radius 3 is 2.00 bits per heavy atom. The van der Waals surface area contributed by atoms with Gasteiger partial charge in [-0.1, -0.05) is 0 Å². The summed E-state index contributed by atoms with van der Waals surface area (Å²) in [5, 5.41) is 16.4. The van der Waals surface area contributed by atoms with Gasteiger partial charge in [-0.05, 0) is 38.1 Å². The zero-order chi connectivity index (χ0) is 10.3. The quantitative estimate of drug-likeness (QED) is 0.592. The van der Waals surface area contributed by atoms with Gasteiger partial charge < -0.3 is 10.8 Å². The summed E-state index contributed by atoms with van der Waals surface area (Å²) >= 11 is 0. The number of nitrogens with two attached hydrogens (primary N) is 1. The maximum absolute atomic E-state index is 8.34. The van der Waals surface area contributed by atoms with E-state index in [9.17, 15) is 0 Å². The third-order valence-electron chi connectivity index (χ3n) is 1.04. The van der Waals surface area contributed by atoms with E-state index >= 15 is 0 Å². The maximum atomic E-state index is 8.34. The van der Waals surface area contributed by atoms with Crippen molar-refractivity contribution < 1.29 is 5.11 Å². The summed E-state index contributed by atoms with van der Waals surface area (Å²) in [5.74, 6) is 0. The van der Waals surface area contributed by atoms with Crippen LogP contribution in [0.4, 0.5) is 5.69 Å². The number of nitriles is 1. The molecule has 13 heavy (non-hydrogen) atoms. The molecule has 1 aromatic carbocycles. The maximum Gasteiger partial charge on any atom is 0.0991 e. The minimum absolute atomic E-state index is 0.167. The fraction of sp³-hybridized carbons (Fsp3) is 0.300. The number of hydrogen-bond acceptors (Lipinski definition) is 3. The van der Waals surface area contributed by atoms with Crippen LogP contribution in [0.3, 0.4) is 0 Å². The van der Waals surface area contributed by atoms with Gasteiger partial charge in [-0.25, -0.2) is 0 Å². The van der Waals surface area contributed by atoms with E-state index in [1.54, 1.807) is 38.1 Å². The van der Waals surface area contributed by atoms with Crippen LogP contribution < -0.4 is 5.73 Å². The van der Waals surface area contributed by atoms with E-state index in [1.807, 2.05) is 6.07 Å². The predicted octanol–water partition coefficient (Wildman–Crippen LogP) is 1.53. The van der Waals surface area contributed by atoms with Crippen molar-refractivity contribution in [3.05, 3.63) is 29.8 Å². The van der Waals surface area contributed by atoms with Crippen molar-refractivity contribution in [2.75, 3.05) is 5.73 Å². The normalized spacial score (nSPS) is 8.54. The highest BCUT2D eigenvalue weighted by Crippen LogP contribution is 2.02. The van der Waals surface area contributed by atoms with Crippen molar-refractivity contribution in [1.82, 2.24) is 0 Å². The molecule has 0 bridgehead atoms. The van der Waals surface area contributed by atoms with Crippen LogP contribution in [-0.2, 0) is 0 Å². The van der Waals surface area contributed by atoms with Crippen LogP contribution in [0.15, 0.2) is 24.3 Å². The molecule has 0 aliphatic carbocycles. The second-order valence-electron chi connectivity index (χ2n) is 2.83. The molecular formula is C10H14N2O. The van der Waals surface area contributed by atoms with Gasteiger partial charge in [0.2, 0.25) is 0 Å². The monoisotopic (exact) mass is 178 g/mol. The molecule has 0 amide bonds. The van der Waals surface area contributed by atoms with Crippen molar-refractivity contribution >= 4 is 5.69 Å². The minimum Gasteiger partial charge on any atom is -0.399 e. The molecule has 0 radical (unpaired) electrons. The topological polar surface area (TPSA) is 70.0 Å². The number of benzene rings is 1. The number of nitrogens with zero attached hydrogens (tertiary/aromatic N) is 1. The first-order chi connectivity index (χ1) is 6.06. The average molecular weight is 178 g/mol. The number of aliphatic hydroxyl groups excluding tert-OH is 1. The molecule has 1 rings (SSSR count). The first-order valence-corrected chi connectivity index (χ1v) is 4.00. The lowest BCUT2D eigenvalue weighted by atomic mass is 10.2. The Labute approximate surface area is 78.4 Å². The summed E-state index contributed by atoms with van der Waals surface area (Å²) in [4.78, 5) is 0. The summed E-state index contributed by atoms with van der Waals surface area (Å²) in [7, 11) is 0. The molecule has 3 nitrogen and oxygen atoms in total. The van der Waals surface area contributed by atoms with E-state index in [-0.39, 0.29) is 6.10 Å². The van der Waals surface area contributed by atoms with Crippen molar-refractivity contribution in [3.8, 4) is 6.07 Å². The molecule has 0 aromatic heterocycles. The van der Waals surface area contributed by atoms with Crippen molar-refractivity contribution in [2.45, 2.75) is 20.0 Å². The summed E-state index contributed by atoms with van der Waals surface area (Å²) in [6.07, 6.45) is -0.167. The highest BCUT2D eigenvalue weighted by atomic mass is 16.3. The fourth-order valence-electron chi connectivity index (χ4n) is 0.558. The highest BCUT2D eigenvalue weighted by Gasteiger charge is 1.85. The van der Waals surface area contributed by atoms with Crippen molar-refractivity contribution in [3.63, 3.8) is 0 Å². The summed E-state index contributed by atoms with van der Waals surface area (Å²) in [5.41, 5.74) is 6.70. The van der Waals surface area contributed by atoms with Crippen LogP contribution in [0.25, 0.3) is 0 Å². The van der Waals surface area contributed by atoms with Crippen molar-refractivity contribution in [2.24, 2.45) is 0 Å². The lowest BCUT2D eigenvalue weighted by molar-refractivity contribution is 0.216. The van der Waals surface area contributed by atoms with Gasteiger partial charge >= 0.3 is 0 Å². The van der Waals surface area contributed by atoms with E-state index in [1.165, 1.54) is 0 Å². The molecule has 0 fully saturated rings. The number of anilines is 1. The number of nitrogen functional groups attached to an aromatic ring is 1. The number of hydrogen-bond donors (Lipinski definition) is 2. The van der Waals surface area contributed by atoms with Crippen LogP contribution >= 0.6 is 0 Å². The molecule has 0 saturated heterocycles. The summed E-state index contributed by atoms with van der Waals surface area (Å²) in [6, 6.07) is 8.79. The Hall–Kier alpha value is -1.53. The molecular weight excluding hydrogens is 164 g/mol. The predicted molar refractivity (Wildman–Crippen MR) is 52.9 cm³/mol. The Morgan fingerprint density at radius 2 is 1.69 bits per heavy atom. The van der Waals surface area contributed by atoms with Gasteiger partial charge in [0, 0.05) is 11.8 Å². The minimum atomic E-state index is -0.167. The first kappa shape index (κ1) is 11.5. The van der Waals surface area contributed by atoms with E-state index < -0.39 is 0 Å². The fourth-order valence-corrected chi connectivity index (χ4v) is 0.558. The van der Waals surface area contributed by atoms with Gasteiger partial charge in [0.1, 0.15) is 0 Å². The van der Waals surface area contributed by atoms with Gasteiger partial charge in [0.05, 0.1) is 11.6 Å². The summed E-state index contributed by atoms with van der Waals surface area (Å²) < 4.78 is 0. The summed E-state index contributed by atoms with van der Waals surface area (Å²) in [6.45, 7) is 3.44. The van der Waals surface area contributed by atoms with Gasteiger partial charge in [-0.3, -0.25) is 0 Å². The number of aliphatic hydroxyl groups is 1. The molecule has 1 aromatic rings. The first-order valence-electron chi connectivity index (χ1n) is 4.00. The molecule has 0 aliphatic heterocycles. The molecule has 0 unspecified atom stereocenters. The van der Waals surface area contributed by atoms with Gasteiger partial charge in [0.15, 0.2) is 0 Å². The van der Waals surface area contributed by atoms with Gasteiger partial charge in [0.25, 0.3) is 0 Å². The van der Waals surface area contributed by atoms with Crippen LogP contribution in [0.1, 0.15) is 19.4 Å². The van der Waals surface area contributed by atoms with Crippen LogP contribution in [-0.4, -0.2) is 11.2 Å². The van der Waals surface area contributed by atoms with Crippen LogP contribution in [0, 0.1) is 11.3 Å². The Balaban J connectivity index is 0.000000310. The van der Waals surface area contributed by atoms with E-state index in [0.717, 1.165) is 0 Å². The molecule has 3 heteroatoms. The zero-order valence-electron chi connectivity index (χ0n) is 7.86. The molecule has 0 spiro atoms. The van der Waals surface area contributed by atoms with Crippen LogP contribution in [0.5, 0.6) is 0 Å². The van der Waals surface area contributed by atoms with Crippen molar-refractivity contribution in [1.29, 1.82) is 5.26 Å². The lowest BCUT2D eigenvalue weighted by Crippen LogP contribution is -1.85. The smallest absolute Gasteiger partial charge is 0.0991 e. The van der Waals surface area contributed by atoms with Gasteiger partial charge in [-0.15, -0.1) is 0 Å². The number of rotatable bonds is 0. The van der Waals surface area contributed by atoms with Gasteiger partial charge in [-0.2, -0.15) is 5.26 Å². The lowest BCUT2D eigenvalue weighted by Gasteiger charge is -1.88. The second kappa shape index (κ2) is 6.04. The Morgan fingerprint density at radius 1 is 1.31 bits per heavy atom. The average Bonchev–Trinajstić information content (AvgIpc) is 2.05. The zero-order valence-corrected chi connectivity index (χ0v) is 7.86. The molecule has 0 atom stereocenters. The standard InChI is InChI=1S/C7H6N2.C3H8O/c8-5-6-1-3-7(9)4-2-6;1-3(2)4/h1-4H,9H2;3-4H,1-2H3. The highest BCUT2D eigenvalue weighted by molar-refractivity contribution is 5.42. The molecule has 0 heterocycles. The van der Waals surface area contributed by atoms with E-state index in [2.05, 4.69) is 0 Å². The molecule has 0 aliphatic rings. The molecule has 70 valence electrons. The van der Waals surface area contributed by atoms with E-state index in [4.69, 9.17) is 16.1 Å². The third-order valence-corrected chi connectivity index (χ3v) is 1.04. The second-order valence-corrected chi connectivity index (χ2v) is 2.83.